The Hall–Kier alpha value is -2.04. The van der Waals surface area contributed by atoms with Crippen LogP contribution in [0.3, 0.4) is 0 Å². The molecule has 1 aromatic heterocycles. The SMILES string of the molecule is CN(C)C(=O)C1CCCN1c1ccc2[nH]cnc2c1. The number of fused-ring (bicyclic) bond motifs is 1. The van der Waals surface area contributed by atoms with E-state index in [0.29, 0.717) is 0 Å². The summed E-state index contributed by atoms with van der Waals surface area (Å²) in [6.07, 6.45) is 3.68. The summed E-state index contributed by atoms with van der Waals surface area (Å²) in [5.41, 5.74) is 3.05. The van der Waals surface area contributed by atoms with Crippen LogP contribution >= 0.6 is 0 Å². The first-order chi connectivity index (χ1) is 9.16. The number of aromatic amines is 1. The van der Waals surface area contributed by atoms with Crippen LogP contribution in [0.15, 0.2) is 24.5 Å². The van der Waals surface area contributed by atoms with Gasteiger partial charge in [0.25, 0.3) is 0 Å². The van der Waals surface area contributed by atoms with Gasteiger partial charge in [-0.3, -0.25) is 4.79 Å². The third kappa shape index (κ3) is 2.05. The summed E-state index contributed by atoms with van der Waals surface area (Å²) in [5.74, 6) is 0.180. The van der Waals surface area contributed by atoms with Gasteiger partial charge in [0.05, 0.1) is 17.4 Å². The molecule has 5 heteroatoms. The number of rotatable bonds is 2. The molecular weight excluding hydrogens is 240 g/mol. The molecule has 1 unspecified atom stereocenters. The number of carbonyl (C=O) groups is 1. The van der Waals surface area contributed by atoms with Crippen molar-refractivity contribution in [1.82, 2.24) is 14.9 Å². The van der Waals surface area contributed by atoms with Crippen LogP contribution in [-0.4, -0.2) is 47.5 Å². The lowest BCUT2D eigenvalue weighted by atomic mass is 10.2. The third-order valence-electron chi connectivity index (χ3n) is 3.72. The second kappa shape index (κ2) is 4.57. The van der Waals surface area contributed by atoms with Crippen molar-refractivity contribution < 1.29 is 4.79 Å². The molecule has 3 rings (SSSR count). The molecule has 5 nitrogen and oxygen atoms in total. The molecule has 0 bridgehead atoms. The van der Waals surface area contributed by atoms with E-state index in [-0.39, 0.29) is 11.9 Å². The van der Waals surface area contributed by atoms with Gasteiger partial charge in [0.1, 0.15) is 6.04 Å². The van der Waals surface area contributed by atoms with Crippen LogP contribution in [0.25, 0.3) is 11.0 Å². The molecule has 0 saturated carbocycles. The van der Waals surface area contributed by atoms with E-state index in [1.54, 1.807) is 11.2 Å². The van der Waals surface area contributed by atoms with Crippen LogP contribution in [0, 0.1) is 0 Å². The fourth-order valence-electron chi connectivity index (χ4n) is 2.73. The number of benzene rings is 1. The summed E-state index contributed by atoms with van der Waals surface area (Å²) in [7, 11) is 3.63. The highest BCUT2D eigenvalue weighted by Crippen LogP contribution is 2.28. The molecule has 100 valence electrons. The Labute approximate surface area is 112 Å². The maximum absolute atomic E-state index is 12.2. The molecule has 0 radical (unpaired) electrons. The van der Waals surface area contributed by atoms with E-state index >= 15 is 0 Å². The predicted octanol–water partition coefficient (Wildman–Crippen LogP) is 1.62. The van der Waals surface area contributed by atoms with Gasteiger partial charge in [-0.05, 0) is 31.0 Å². The Morgan fingerprint density at radius 2 is 2.32 bits per heavy atom. The molecule has 1 amide bonds. The van der Waals surface area contributed by atoms with Crippen LogP contribution in [0.4, 0.5) is 5.69 Å². The molecule has 1 fully saturated rings. The van der Waals surface area contributed by atoms with Crippen molar-refractivity contribution in [2.24, 2.45) is 0 Å². The van der Waals surface area contributed by atoms with Gasteiger partial charge < -0.3 is 14.8 Å². The van der Waals surface area contributed by atoms with E-state index < -0.39 is 0 Å². The zero-order valence-electron chi connectivity index (χ0n) is 11.3. The minimum absolute atomic E-state index is 0.0357. The van der Waals surface area contributed by atoms with E-state index in [9.17, 15) is 4.79 Å². The van der Waals surface area contributed by atoms with Crippen LogP contribution < -0.4 is 4.90 Å². The lowest BCUT2D eigenvalue weighted by Gasteiger charge is -2.28. The first-order valence-electron chi connectivity index (χ1n) is 6.58. The standard InChI is InChI=1S/C14H18N4O/c1-17(2)14(19)13-4-3-7-18(13)10-5-6-11-12(8-10)16-9-15-11/h5-6,8-9,13H,3-4,7H2,1-2H3,(H,15,16). The molecule has 19 heavy (non-hydrogen) atoms. The zero-order chi connectivity index (χ0) is 13.4. The number of imidazole rings is 1. The number of anilines is 1. The minimum Gasteiger partial charge on any atom is -0.359 e. The van der Waals surface area contributed by atoms with Crippen LogP contribution in [0.5, 0.6) is 0 Å². The number of carbonyl (C=O) groups excluding carboxylic acids is 1. The molecule has 1 aromatic carbocycles. The summed E-state index contributed by atoms with van der Waals surface area (Å²) in [5, 5.41) is 0. The first-order valence-corrected chi connectivity index (χ1v) is 6.58. The minimum atomic E-state index is -0.0357. The van der Waals surface area contributed by atoms with Crippen molar-refractivity contribution in [2.75, 3.05) is 25.5 Å². The lowest BCUT2D eigenvalue weighted by molar-refractivity contribution is -0.129. The van der Waals surface area contributed by atoms with Crippen LogP contribution in [0.2, 0.25) is 0 Å². The van der Waals surface area contributed by atoms with E-state index in [1.807, 2.05) is 26.2 Å². The van der Waals surface area contributed by atoms with Crippen molar-refractivity contribution >= 4 is 22.6 Å². The number of nitrogens with one attached hydrogen (secondary N) is 1. The van der Waals surface area contributed by atoms with Crippen molar-refractivity contribution in [3.05, 3.63) is 24.5 Å². The normalized spacial score (nSPS) is 19.1. The van der Waals surface area contributed by atoms with Gasteiger partial charge >= 0.3 is 0 Å². The fourth-order valence-corrected chi connectivity index (χ4v) is 2.73. The summed E-state index contributed by atoms with van der Waals surface area (Å²) >= 11 is 0. The smallest absolute Gasteiger partial charge is 0.244 e. The van der Waals surface area contributed by atoms with Gasteiger partial charge in [-0.2, -0.15) is 0 Å². The number of hydrogen-bond acceptors (Lipinski definition) is 3. The highest BCUT2D eigenvalue weighted by Gasteiger charge is 2.31. The largest absolute Gasteiger partial charge is 0.359 e. The first kappa shape index (κ1) is 12.0. The number of nitrogens with zero attached hydrogens (tertiary/aromatic N) is 3. The Morgan fingerprint density at radius 1 is 1.47 bits per heavy atom. The molecule has 1 N–H and O–H groups in total. The monoisotopic (exact) mass is 258 g/mol. The Bertz CT molecular complexity index is 604. The lowest BCUT2D eigenvalue weighted by Crippen LogP contribution is -2.42. The van der Waals surface area contributed by atoms with E-state index in [0.717, 1.165) is 36.1 Å². The summed E-state index contributed by atoms with van der Waals surface area (Å²) < 4.78 is 0. The quantitative estimate of drug-likeness (QED) is 0.890. The summed E-state index contributed by atoms with van der Waals surface area (Å²) in [4.78, 5) is 23.4. The molecule has 0 spiro atoms. The fraction of sp³-hybridized carbons (Fsp3) is 0.429. The highest BCUT2D eigenvalue weighted by molar-refractivity contribution is 5.87. The maximum Gasteiger partial charge on any atom is 0.244 e. The number of likely N-dealkylation sites (N-methyl/N-ethyl adjacent to an activating group) is 1. The molecule has 1 aliphatic heterocycles. The van der Waals surface area contributed by atoms with Crippen molar-refractivity contribution in [1.29, 1.82) is 0 Å². The van der Waals surface area contributed by atoms with Crippen molar-refractivity contribution in [2.45, 2.75) is 18.9 Å². The van der Waals surface area contributed by atoms with Gasteiger partial charge in [0, 0.05) is 26.3 Å². The Balaban J connectivity index is 1.93. The van der Waals surface area contributed by atoms with Crippen LogP contribution in [0.1, 0.15) is 12.8 Å². The number of aromatic nitrogens is 2. The topological polar surface area (TPSA) is 52.2 Å². The predicted molar refractivity (Wildman–Crippen MR) is 75.2 cm³/mol. The van der Waals surface area contributed by atoms with E-state index in [4.69, 9.17) is 0 Å². The van der Waals surface area contributed by atoms with Gasteiger partial charge in [-0.15, -0.1) is 0 Å². The molecule has 1 aliphatic rings. The molecule has 2 aromatic rings. The van der Waals surface area contributed by atoms with Crippen LogP contribution in [-0.2, 0) is 4.79 Å². The van der Waals surface area contributed by atoms with Gasteiger partial charge in [-0.1, -0.05) is 0 Å². The number of hydrogen-bond donors (Lipinski definition) is 1. The average Bonchev–Trinajstić information content (AvgIpc) is 3.05. The zero-order valence-corrected chi connectivity index (χ0v) is 11.3. The Kier molecular flexibility index (Phi) is 2.89. The Morgan fingerprint density at radius 3 is 3.11 bits per heavy atom. The molecular formula is C14H18N4O. The van der Waals surface area contributed by atoms with Crippen molar-refractivity contribution in [3.8, 4) is 0 Å². The summed E-state index contributed by atoms with van der Waals surface area (Å²) in [6.45, 7) is 0.931. The molecule has 2 heterocycles. The average molecular weight is 258 g/mol. The van der Waals surface area contributed by atoms with Gasteiger partial charge in [-0.25, -0.2) is 4.98 Å². The number of H-pyrrole nitrogens is 1. The second-order valence-corrected chi connectivity index (χ2v) is 5.19. The summed E-state index contributed by atoms with van der Waals surface area (Å²) in [6, 6.07) is 6.09. The van der Waals surface area contributed by atoms with Gasteiger partial charge in [0.15, 0.2) is 0 Å². The molecule has 1 atom stereocenters. The molecule has 1 saturated heterocycles. The molecule has 0 aliphatic carbocycles. The highest BCUT2D eigenvalue weighted by atomic mass is 16.2. The maximum atomic E-state index is 12.2. The van der Waals surface area contributed by atoms with E-state index in [1.165, 1.54) is 0 Å². The number of amides is 1. The van der Waals surface area contributed by atoms with E-state index in [2.05, 4.69) is 20.9 Å². The van der Waals surface area contributed by atoms with Gasteiger partial charge in [0.2, 0.25) is 5.91 Å². The van der Waals surface area contributed by atoms with Crippen molar-refractivity contribution in [3.63, 3.8) is 0 Å². The second-order valence-electron chi connectivity index (χ2n) is 5.19. The third-order valence-corrected chi connectivity index (χ3v) is 3.72.